The molecule has 0 aromatic heterocycles. The first kappa shape index (κ1) is 19.9. The highest BCUT2D eigenvalue weighted by Gasteiger charge is 2.09. The molecule has 0 aliphatic rings. The van der Waals surface area contributed by atoms with E-state index in [4.69, 9.17) is 0 Å². The Labute approximate surface area is 145 Å². The molecule has 0 saturated carbocycles. The van der Waals surface area contributed by atoms with Gasteiger partial charge in [-0.15, -0.1) is 0 Å². The second-order valence-corrected chi connectivity index (χ2v) is 5.12. The molecule has 1 aromatic carbocycles. The van der Waals surface area contributed by atoms with E-state index in [1.165, 1.54) is 39.2 Å². The van der Waals surface area contributed by atoms with Gasteiger partial charge >= 0.3 is 5.97 Å². The van der Waals surface area contributed by atoms with Gasteiger partial charge in [0.25, 0.3) is 5.91 Å². The number of hydrogen-bond acceptors (Lipinski definition) is 5. The van der Waals surface area contributed by atoms with Crippen LogP contribution in [0.25, 0.3) is 0 Å². The van der Waals surface area contributed by atoms with E-state index in [0.717, 1.165) is 0 Å². The molecule has 0 saturated heterocycles. The van der Waals surface area contributed by atoms with Crippen molar-refractivity contribution >= 4 is 29.4 Å². The second kappa shape index (κ2) is 9.86. The van der Waals surface area contributed by atoms with Gasteiger partial charge in [0.15, 0.2) is 0 Å². The molecule has 0 radical (unpaired) electrons. The van der Waals surface area contributed by atoms with Gasteiger partial charge < -0.3 is 20.7 Å². The molecule has 0 atom stereocenters. The SMILES string of the molecule is COC(=O)c1ccc(NC(=O)/C(C)=C/C(=O)NCCNC(C)=O)cc1. The maximum absolute atomic E-state index is 12.0. The summed E-state index contributed by atoms with van der Waals surface area (Å²) in [5, 5.41) is 7.71. The van der Waals surface area contributed by atoms with E-state index in [0.29, 0.717) is 17.8 Å². The van der Waals surface area contributed by atoms with Gasteiger partial charge in [-0.3, -0.25) is 14.4 Å². The molecule has 25 heavy (non-hydrogen) atoms. The molecule has 134 valence electrons. The number of esters is 1. The summed E-state index contributed by atoms with van der Waals surface area (Å²) in [6.45, 7) is 3.46. The van der Waals surface area contributed by atoms with Crippen LogP contribution in [0.2, 0.25) is 0 Å². The monoisotopic (exact) mass is 347 g/mol. The molecule has 0 unspecified atom stereocenters. The van der Waals surface area contributed by atoms with Crippen LogP contribution in [0.3, 0.4) is 0 Å². The van der Waals surface area contributed by atoms with Gasteiger partial charge in [-0.2, -0.15) is 0 Å². The molecular formula is C17H21N3O5. The number of rotatable bonds is 7. The lowest BCUT2D eigenvalue weighted by molar-refractivity contribution is -0.119. The van der Waals surface area contributed by atoms with E-state index in [9.17, 15) is 19.2 Å². The van der Waals surface area contributed by atoms with Gasteiger partial charge in [0.2, 0.25) is 11.8 Å². The molecule has 3 amide bonds. The molecule has 3 N–H and O–H groups in total. The van der Waals surface area contributed by atoms with Crippen molar-refractivity contribution in [3.05, 3.63) is 41.5 Å². The molecule has 1 aromatic rings. The lowest BCUT2D eigenvalue weighted by Crippen LogP contribution is -2.33. The first-order valence-corrected chi connectivity index (χ1v) is 7.53. The number of methoxy groups -OCH3 is 1. The molecule has 0 aliphatic carbocycles. The highest BCUT2D eigenvalue weighted by molar-refractivity contribution is 6.07. The van der Waals surface area contributed by atoms with Crippen molar-refractivity contribution in [2.75, 3.05) is 25.5 Å². The summed E-state index contributed by atoms with van der Waals surface area (Å²) in [6, 6.07) is 6.17. The Morgan fingerprint density at radius 3 is 2.16 bits per heavy atom. The number of anilines is 1. The Morgan fingerprint density at radius 1 is 1.00 bits per heavy atom. The van der Waals surface area contributed by atoms with Gasteiger partial charge in [-0.1, -0.05) is 0 Å². The minimum atomic E-state index is -0.468. The number of nitrogens with one attached hydrogen (secondary N) is 3. The van der Waals surface area contributed by atoms with E-state index in [1.54, 1.807) is 12.1 Å². The highest BCUT2D eigenvalue weighted by Crippen LogP contribution is 2.11. The third kappa shape index (κ3) is 7.30. The van der Waals surface area contributed by atoms with Crippen molar-refractivity contribution in [1.29, 1.82) is 0 Å². The Balaban J connectivity index is 2.53. The normalized spacial score (nSPS) is 10.6. The first-order valence-electron chi connectivity index (χ1n) is 7.53. The summed E-state index contributed by atoms with van der Waals surface area (Å²) in [5.41, 5.74) is 1.07. The summed E-state index contributed by atoms with van der Waals surface area (Å²) >= 11 is 0. The van der Waals surface area contributed by atoms with Gasteiger partial charge in [-0.25, -0.2) is 4.79 Å². The van der Waals surface area contributed by atoms with Crippen molar-refractivity contribution in [2.45, 2.75) is 13.8 Å². The quantitative estimate of drug-likeness (QED) is 0.380. The van der Waals surface area contributed by atoms with Gasteiger partial charge in [0.1, 0.15) is 0 Å². The van der Waals surface area contributed by atoms with Crippen LogP contribution in [0.1, 0.15) is 24.2 Å². The number of benzene rings is 1. The Kier molecular flexibility index (Phi) is 7.85. The summed E-state index contributed by atoms with van der Waals surface area (Å²) < 4.78 is 4.59. The zero-order chi connectivity index (χ0) is 18.8. The lowest BCUT2D eigenvalue weighted by atomic mass is 10.2. The fourth-order valence-corrected chi connectivity index (χ4v) is 1.77. The van der Waals surface area contributed by atoms with E-state index < -0.39 is 17.8 Å². The number of hydrogen-bond donors (Lipinski definition) is 3. The van der Waals surface area contributed by atoms with Crippen LogP contribution in [-0.4, -0.2) is 43.9 Å². The predicted octanol–water partition coefficient (Wildman–Crippen LogP) is 0.610. The molecule has 0 aliphatic heterocycles. The molecular weight excluding hydrogens is 326 g/mol. The summed E-state index contributed by atoms with van der Waals surface area (Å²) in [5.74, 6) is -1.52. The minimum Gasteiger partial charge on any atom is -0.465 e. The van der Waals surface area contributed by atoms with Crippen molar-refractivity contribution in [3.8, 4) is 0 Å². The van der Waals surface area contributed by atoms with Crippen LogP contribution in [-0.2, 0) is 19.1 Å². The lowest BCUT2D eigenvalue weighted by Gasteiger charge is -2.07. The number of amides is 3. The van der Waals surface area contributed by atoms with Crippen molar-refractivity contribution < 1.29 is 23.9 Å². The Hall–Kier alpha value is -3.16. The zero-order valence-corrected chi connectivity index (χ0v) is 14.3. The standard InChI is InChI=1S/C17H21N3O5/c1-11(10-15(22)19-9-8-18-12(2)21)16(23)20-14-6-4-13(5-7-14)17(24)25-3/h4-7,10H,8-9H2,1-3H3,(H,18,21)(H,19,22)(H,20,23)/b11-10+. The van der Waals surface area contributed by atoms with Crippen LogP contribution in [0, 0.1) is 0 Å². The average Bonchev–Trinajstić information content (AvgIpc) is 2.58. The average molecular weight is 347 g/mol. The fraction of sp³-hybridized carbons (Fsp3) is 0.294. The van der Waals surface area contributed by atoms with Gasteiger partial charge in [0, 0.05) is 37.3 Å². The highest BCUT2D eigenvalue weighted by atomic mass is 16.5. The summed E-state index contributed by atoms with van der Waals surface area (Å²) in [6.07, 6.45) is 1.17. The molecule has 1 rings (SSSR count). The zero-order valence-electron chi connectivity index (χ0n) is 14.3. The Bertz CT molecular complexity index is 680. The van der Waals surface area contributed by atoms with Crippen LogP contribution in [0.4, 0.5) is 5.69 Å². The topological polar surface area (TPSA) is 114 Å². The first-order chi connectivity index (χ1) is 11.8. The van der Waals surface area contributed by atoms with Crippen molar-refractivity contribution in [1.82, 2.24) is 10.6 Å². The predicted molar refractivity (Wildman–Crippen MR) is 91.9 cm³/mol. The molecule has 8 nitrogen and oxygen atoms in total. The molecule has 0 bridgehead atoms. The summed E-state index contributed by atoms with van der Waals surface area (Å²) in [7, 11) is 1.29. The van der Waals surface area contributed by atoms with Gasteiger partial charge in [-0.05, 0) is 31.2 Å². The third-order valence-corrected chi connectivity index (χ3v) is 3.07. The maximum atomic E-state index is 12.0. The number of carbonyl (C=O) groups excluding carboxylic acids is 4. The Morgan fingerprint density at radius 2 is 1.60 bits per heavy atom. The molecule has 8 heteroatoms. The van der Waals surface area contributed by atoms with Crippen LogP contribution >= 0.6 is 0 Å². The largest absolute Gasteiger partial charge is 0.465 e. The number of carbonyl (C=O) groups is 4. The van der Waals surface area contributed by atoms with Crippen molar-refractivity contribution in [3.63, 3.8) is 0 Å². The molecule has 0 spiro atoms. The third-order valence-electron chi connectivity index (χ3n) is 3.07. The molecule has 0 fully saturated rings. The second-order valence-electron chi connectivity index (χ2n) is 5.12. The van der Waals surface area contributed by atoms with E-state index in [1.807, 2.05) is 0 Å². The smallest absolute Gasteiger partial charge is 0.337 e. The number of ether oxygens (including phenoxy) is 1. The maximum Gasteiger partial charge on any atom is 0.337 e. The van der Waals surface area contributed by atoms with E-state index in [-0.39, 0.29) is 18.0 Å². The van der Waals surface area contributed by atoms with Crippen LogP contribution in [0.15, 0.2) is 35.9 Å². The van der Waals surface area contributed by atoms with Crippen LogP contribution in [0.5, 0.6) is 0 Å². The van der Waals surface area contributed by atoms with Crippen LogP contribution < -0.4 is 16.0 Å². The fourth-order valence-electron chi connectivity index (χ4n) is 1.77. The van der Waals surface area contributed by atoms with Crippen molar-refractivity contribution in [2.24, 2.45) is 0 Å². The summed E-state index contributed by atoms with van der Waals surface area (Å²) in [4.78, 5) is 45.7. The van der Waals surface area contributed by atoms with Gasteiger partial charge in [0.05, 0.1) is 12.7 Å². The van der Waals surface area contributed by atoms with E-state index in [2.05, 4.69) is 20.7 Å². The van der Waals surface area contributed by atoms with E-state index >= 15 is 0 Å². The molecule has 0 heterocycles. The minimum absolute atomic E-state index is 0.182.